The van der Waals surface area contributed by atoms with Crippen LogP contribution in [0.15, 0.2) is 53.2 Å². The van der Waals surface area contributed by atoms with Crippen molar-refractivity contribution in [2.24, 2.45) is 0 Å². The molecular weight excluding hydrogens is 329 g/mol. The molecule has 118 valence electrons. The molecule has 0 atom stereocenters. The molecule has 1 aromatic carbocycles. The van der Waals surface area contributed by atoms with Gasteiger partial charge in [-0.3, -0.25) is 4.79 Å². The Morgan fingerprint density at radius 2 is 1.83 bits per heavy atom. The summed E-state index contributed by atoms with van der Waals surface area (Å²) in [6, 6.07) is 12.7. The number of rotatable bonds is 4. The molecule has 0 fully saturated rings. The highest BCUT2D eigenvalue weighted by molar-refractivity contribution is 7.16. The quantitative estimate of drug-likeness (QED) is 0.503. The molecule has 0 spiro atoms. The zero-order valence-corrected chi connectivity index (χ0v) is 14.1. The molecule has 7 heteroatoms. The van der Waals surface area contributed by atoms with E-state index in [1.54, 1.807) is 23.5 Å². The molecule has 0 aliphatic heterocycles. The van der Waals surface area contributed by atoms with Crippen LogP contribution in [-0.2, 0) is 4.79 Å². The zero-order chi connectivity index (χ0) is 16.7. The lowest BCUT2D eigenvalue weighted by Gasteiger charge is -2.00. The number of carbonyl (C=O) groups excluding carboxylic acids is 1. The number of hydrogen-bond donors (Lipinski definition) is 3. The van der Waals surface area contributed by atoms with Crippen molar-refractivity contribution in [1.29, 1.82) is 0 Å². The predicted octanol–water partition coefficient (Wildman–Crippen LogP) is 2.72. The van der Waals surface area contributed by atoms with Crippen molar-refractivity contribution in [3.05, 3.63) is 58.1 Å². The second-order valence-corrected chi connectivity index (χ2v) is 6.75. The van der Waals surface area contributed by atoms with E-state index in [1.807, 2.05) is 11.3 Å². The molecule has 0 saturated heterocycles. The van der Waals surface area contributed by atoms with Crippen molar-refractivity contribution in [2.45, 2.75) is 6.92 Å². The van der Waals surface area contributed by atoms with Gasteiger partial charge in [0.2, 0.25) is 6.41 Å². The number of hydrogen-bond acceptors (Lipinski definition) is 5. The molecular formula is C16H16BNO3S2. The number of aryl methyl sites for hydroxylation is 1. The standard InChI is InChI=1S/C9H8S2.C7H8BNO3/c1-7-2-3-9(11-7)8-4-5-10-6-8;10-5-9-7-3-1-6(2-4-7)8(11)12/h2-6H,1H3;1-5,11-12H,(H,9,10). The van der Waals surface area contributed by atoms with Crippen molar-refractivity contribution in [1.82, 2.24) is 0 Å². The zero-order valence-electron chi connectivity index (χ0n) is 12.5. The van der Waals surface area contributed by atoms with Gasteiger partial charge in [0.15, 0.2) is 0 Å². The van der Waals surface area contributed by atoms with Crippen LogP contribution in [0.2, 0.25) is 0 Å². The summed E-state index contributed by atoms with van der Waals surface area (Å²) in [5.74, 6) is 0. The van der Waals surface area contributed by atoms with E-state index < -0.39 is 7.12 Å². The third-order valence-electron chi connectivity index (χ3n) is 2.98. The summed E-state index contributed by atoms with van der Waals surface area (Å²) in [5, 5.41) is 24.2. The number of benzene rings is 1. The van der Waals surface area contributed by atoms with Gasteiger partial charge in [-0.25, -0.2) is 0 Å². The minimum absolute atomic E-state index is 0.395. The molecule has 0 radical (unpaired) electrons. The summed E-state index contributed by atoms with van der Waals surface area (Å²) >= 11 is 3.60. The molecule has 0 aliphatic rings. The number of carbonyl (C=O) groups is 1. The van der Waals surface area contributed by atoms with Crippen molar-refractivity contribution in [3.8, 4) is 10.4 Å². The Morgan fingerprint density at radius 3 is 2.30 bits per heavy atom. The van der Waals surface area contributed by atoms with Gasteiger partial charge in [0, 0.05) is 21.0 Å². The maximum absolute atomic E-state index is 9.98. The van der Waals surface area contributed by atoms with Gasteiger partial charge in [0.05, 0.1) is 0 Å². The van der Waals surface area contributed by atoms with Crippen LogP contribution in [0.25, 0.3) is 10.4 Å². The molecule has 0 saturated carbocycles. The van der Waals surface area contributed by atoms with Crippen LogP contribution < -0.4 is 10.8 Å². The average Bonchev–Trinajstić information content (AvgIpc) is 3.20. The second kappa shape index (κ2) is 8.64. The van der Waals surface area contributed by atoms with Crippen LogP contribution in [0.4, 0.5) is 5.69 Å². The van der Waals surface area contributed by atoms with Crippen molar-refractivity contribution >= 4 is 47.4 Å². The number of thiophene rings is 2. The second-order valence-electron chi connectivity index (χ2n) is 4.68. The first-order chi connectivity index (χ1) is 11.1. The van der Waals surface area contributed by atoms with Gasteiger partial charge in [-0.15, -0.1) is 11.3 Å². The van der Waals surface area contributed by atoms with E-state index in [0.29, 0.717) is 17.6 Å². The molecule has 23 heavy (non-hydrogen) atoms. The van der Waals surface area contributed by atoms with E-state index in [-0.39, 0.29) is 0 Å². The summed E-state index contributed by atoms with van der Waals surface area (Å²) in [6.07, 6.45) is 0.560. The highest BCUT2D eigenvalue weighted by atomic mass is 32.1. The summed E-state index contributed by atoms with van der Waals surface area (Å²) < 4.78 is 0. The predicted molar refractivity (Wildman–Crippen MR) is 98.3 cm³/mol. The molecule has 1 amide bonds. The minimum atomic E-state index is -1.46. The third kappa shape index (κ3) is 5.33. The van der Waals surface area contributed by atoms with E-state index >= 15 is 0 Å². The van der Waals surface area contributed by atoms with Gasteiger partial charge >= 0.3 is 7.12 Å². The Morgan fingerprint density at radius 1 is 1.09 bits per heavy atom. The van der Waals surface area contributed by atoms with Gasteiger partial charge in [-0.2, -0.15) is 11.3 Å². The van der Waals surface area contributed by atoms with Crippen LogP contribution >= 0.6 is 22.7 Å². The number of amides is 1. The van der Waals surface area contributed by atoms with Crippen LogP contribution in [0.1, 0.15) is 4.88 Å². The smallest absolute Gasteiger partial charge is 0.423 e. The van der Waals surface area contributed by atoms with Crippen LogP contribution in [0.5, 0.6) is 0 Å². The molecule has 4 nitrogen and oxygen atoms in total. The summed E-state index contributed by atoms with van der Waals surface area (Å²) in [4.78, 5) is 12.7. The minimum Gasteiger partial charge on any atom is -0.423 e. The number of nitrogens with one attached hydrogen (secondary N) is 1. The van der Waals surface area contributed by atoms with E-state index in [2.05, 4.69) is 41.2 Å². The Labute approximate surface area is 143 Å². The first-order valence-electron chi connectivity index (χ1n) is 6.85. The molecule has 0 unspecified atom stereocenters. The lowest BCUT2D eigenvalue weighted by atomic mass is 9.80. The fourth-order valence-corrected chi connectivity index (χ4v) is 3.41. The molecule has 3 rings (SSSR count). The lowest BCUT2D eigenvalue weighted by Crippen LogP contribution is -2.29. The van der Waals surface area contributed by atoms with Crippen LogP contribution in [0, 0.1) is 6.92 Å². The van der Waals surface area contributed by atoms with Crippen LogP contribution in [0.3, 0.4) is 0 Å². The van der Waals surface area contributed by atoms with E-state index in [4.69, 9.17) is 10.0 Å². The Bertz CT molecular complexity index is 724. The molecule has 3 aromatic rings. The van der Waals surface area contributed by atoms with Gasteiger partial charge in [-0.05, 0) is 53.5 Å². The third-order valence-corrected chi connectivity index (χ3v) is 4.71. The largest absolute Gasteiger partial charge is 0.488 e. The Kier molecular flexibility index (Phi) is 6.55. The van der Waals surface area contributed by atoms with Crippen molar-refractivity contribution in [3.63, 3.8) is 0 Å². The molecule has 0 aliphatic carbocycles. The first-order valence-corrected chi connectivity index (χ1v) is 8.61. The van der Waals surface area contributed by atoms with E-state index in [1.165, 1.54) is 27.5 Å². The van der Waals surface area contributed by atoms with Crippen molar-refractivity contribution in [2.75, 3.05) is 5.32 Å². The van der Waals surface area contributed by atoms with Gasteiger partial charge in [0.25, 0.3) is 0 Å². The topological polar surface area (TPSA) is 69.6 Å². The first kappa shape index (κ1) is 17.4. The lowest BCUT2D eigenvalue weighted by molar-refractivity contribution is -0.105. The molecule has 0 bridgehead atoms. The molecule has 3 N–H and O–H groups in total. The fraction of sp³-hybridized carbons (Fsp3) is 0.0625. The Balaban J connectivity index is 0.000000167. The SMILES string of the molecule is Cc1ccc(-c2ccsc2)s1.O=CNc1ccc(B(O)O)cc1. The summed E-state index contributed by atoms with van der Waals surface area (Å²) in [5.41, 5.74) is 2.37. The highest BCUT2D eigenvalue weighted by Gasteiger charge is 2.09. The summed E-state index contributed by atoms with van der Waals surface area (Å²) in [7, 11) is -1.46. The van der Waals surface area contributed by atoms with Gasteiger partial charge in [0.1, 0.15) is 0 Å². The summed E-state index contributed by atoms with van der Waals surface area (Å²) in [6.45, 7) is 2.14. The molecule has 2 heterocycles. The fourth-order valence-electron chi connectivity index (χ4n) is 1.81. The van der Waals surface area contributed by atoms with Crippen LogP contribution in [-0.4, -0.2) is 23.6 Å². The maximum Gasteiger partial charge on any atom is 0.488 e. The average molecular weight is 345 g/mol. The van der Waals surface area contributed by atoms with E-state index in [9.17, 15) is 4.79 Å². The number of anilines is 1. The molecule has 2 aromatic heterocycles. The maximum atomic E-state index is 9.98. The van der Waals surface area contributed by atoms with Gasteiger partial charge in [-0.1, -0.05) is 12.1 Å². The van der Waals surface area contributed by atoms with Gasteiger partial charge < -0.3 is 15.4 Å². The Hall–Kier alpha value is -1.93. The van der Waals surface area contributed by atoms with E-state index in [0.717, 1.165) is 0 Å². The highest BCUT2D eigenvalue weighted by Crippen LogP contribution is 2.28. The monoisotopic (exact) mass is 345 g/mol. The van der Waals surface area contributed by atoms with Crippen molar-refractivity contribution < 1.29 is 14.8 Å². The normalized spacial score (nSPS) is 9.70.